The van der Waals surface area contributed by atoms with Gasteiger partial charge in [-0.25, -0.2) is 4.79 Å². The molecule has 1 aliphatic rings. The Kier molecular flexibility index (Phi) is 5.99. The number of rotatable bonds is 5. The molecule has 3 rings (SSSR count). The SMILES string of the molecule is COC(=O)c1cc(NC(=O)C2(c3ccc(C)cc3)CCOCC2)ccc1OC. The van der Waals surface area contributed by atoms with Crippen LogP contribution < -0.4 is 10.1 Å². The molecule has 0 spiro atoms. The monoisotopic (exact) mass is 383 g/mol. The molecule has 1 amide bonds. The molecule has 1 saturated heterocycles. The van der Waals surface area contributed by atoms with Crippen molar-refractivity contribution in [1.82, 2.24) is 0 Å². The van der Waals surface area contributed by atoms with E-state index < -0.39 is 11.4 Å². The lowest BCUT2D eigenvalue weighted by atomic mass is 9.73. The van der Waals surface area contributed by atoms with E-state index in [4.69, 9.17) is 14.2 Å². The van der Waals surface area contributed by atoms with E-state index in [1.807, 2.05) is 31.2 Å². The molecular weight excluding hydrogens is 358 g/mol. The summed E-state index contributed by atoms with van der Waals surface area (Å²) in [6.45, 7) is 3.07. The van der Waals surface area contributed by atoms with E-state index in [1.54, 1.807) is 18.2 Å². The second kappa shape index (κ2) is 8.44. The van der Waals surface area contributed by atoms with Gasteiger partial charge in [0.2, 0.25) is 5.91 Å². The van der Waals surface area contributed by atoms with Gasteiger partial charge in [-0.2, -0.15) is 0 Å². The highest BCUT2D eigenvalue weighted by molar-refractivity contribution is 6.01. The zero-order valence-corrected chi connectivity index (χ0v) is 16.4. The maximum absolute atomic E-state index is 13.4. The summed E-state index contributed by atoms with van der Waals surface area (Å²) in [5, 5.41) is 2.98. The highest BCUT2D eigenvalue weighted by atomic mass is 16.5. The lowest BCUT2D eigenvalue weighted by molar-refractivity contribution is -0.125. The minimum atomic E-state index is -0.669. The molecule has 1 N–H and O–H groups in total. The molecule has 2 aromatic rings. The molecule has 0 saturated carbocycles. The third-order valence-electron chi connectivity index (χ3n) is 5.25. The number of anilines is 1. The van der Waals surface area contributed by atoms with Crippen molar-refractivity contribution in [2.24, 2.45) is 0 Å². The molecule has 0 bridgehead atoms. The minimum absolute atomic E-state index is 0.111. The van der Waals surface area contributed by atoms with Gasteiger partial charge in [-0.3, -0.25) is 4.79 Å². The number of methoxy groups -OCH3 is 2. The first-order valence-corrected chi connectivity index (χ1v) is 9.23. The summed E-state index contributed by atoms with van der Waals surface area (Å²) in [5.74, 6) is -0.239. The average molecular weight is 383 g/mol. The molecule has 148 valence electrons. The second-order valence-corrected chi connectivity index (χ2v) is 6.92. The molecule has 0 aliphatic carbocycles. The van der Waals surface area contributed by atoms with Crippen LogP contribution in [-0.4, -0.2) is 39.3 Å². The van der Waals surface area contributed by atoms with E-state index in [-0.39, 0.29) is 11.5 Å². The van der Waals surface area contributed by atoms with Crippen molar-refractivity contribution in [1.29, 1.82) is 0 Å². The van der Waals surface area contributed by atoms with Gasteiger partial charge >= 0.3 is 5.97 Å². The van der Waals surface area contributed by atoms with Gasteiger partial charge in [0.15, 0.2) is 0 Å². The number of aryl methyl sites for hydroxylation is 1. The smallest absolute Gasteiger partial charge is 0.341 e. The molecule has 1 aliphatic heterocycles. The van der Waals surface area contributed by atoms with E-state index in [1.165, 1.54) is 14.2 Å². The summed E-state index contributed by atoms with van der Waals surface area (Å²) < 4.78 is 15.5. The van der Waals surface area contributed by atoms with Crippen LogP contribution in [0, 0.1) is 6.92 Å². The van der Waals surface area contributed by atoms with Crippen molar-refractivity contribution in [3.63, 3.8) is 0 Å². The van der Waals surface area contributed by atoms with Crippen LogP contribution in [-0.2, 0) is 19.7 Å². The Morgan fingerprint density at radius 3 is 2.32 bits per heavy atom. The first-order valence-electron chi connectivity index (χ1n) is 9.23. The lowest BCUT2D eigenvalue weighted by Gasteiger charge is -2.36. The van der Waals surface area contributed by atoms with Gasteiger partial charge < -0.3 is 19.5 Å². The highest BCUT2D eigenvalue weighted by Crippen LogP contribution is 2.36. The number of ether oxygens (including phenoxy) is 3. The zero-order chi connectivity index (χ0) is 20.1. The van der Waals surface area contributed by atoms with Crippen LogP contribution in [0.1, 0.15) is 34.3 Å². The van der Waals surface area contributed by atoms with E-state index in [0.29, 0.717) is 37.5 Å². The highest BCUT2D eigenvalue weighted by Gasteiger charge is 2.41. The van der Waals surface area contributed by atoms with Crippen LogP contribution in [0.25, 0.3) is 0 Å². The molecule has 28 heavy (non-hydrogen) atoms. The average Bonchev–Trinajstić information content (AvgIpc) is 2.74. The maximum Gasteiger partial charge on any atom is 0.341 e. The van der Waals surface area contributed by atoms with Gasteiger partial charge in [0.05, 0.1) is 19.6 Å². The van der Waals surface area contributed by atoms with Crippen molar-refractivity contribution in [2.75, 3.05) is 32.8 Å². The van der Waals surface area contributed by atoms with E-state index in [2.05, 4.69) is 5.32 Å². The molecule has 0 aromatic heterocycles. The third-order valence-corrected chi connectivity index (χ3v) is 5.25. The predicted octanol–water partition coefficient (Wildman–Crippen LogP) is 3.48. The topological polar surface area (TPSA) is 73.9 Å². The van der Waals surface area contributed by atoms with E-state index in [9.17, 15) is 9.59 Å². The Labute approximate surface area is 164 Å². The first kappa shape index (κ1) is 19.9. The molecule has 0 radical (unpaired) electrons. The van der Waals surface area contributed by atoms with Gasteiger partial charge in [-0.15, -0.1) is 0 Å². The summed E-state index contributed by atoms with van der Waals surface area (Å²) in [7, 11) is 2.79. The molecule has 1 heterocycles. The van der Waals surface area contributed by atoms with Crippen LogP contribution in [0.4, 0.5) is 5.69 Å². The van der Waals surface area contributed by atoms with Gasteiger partial charge in [0, 0.05) is 18.9 Å². The van der Waals surface area contributed by atoms with Crippen LogP contribution in [0.3, 0.4) is 0 Å². The summed E-state index contributed by atoms with van der Waals surface area (Å²) in [5.41, 5.74) is 2.23. The largest absolute Gasteiger partial charge is 0.496 e. The molecule has 6 heteroatoms. The summed E-state index contributed by atoms with van der Waals surface area (Å²) >= 11 is 0. The Hall–Kier alpha value is -2.86. The Balaban J connectivity index is 1.92. The molecule has 2 aromatic carbocycles. The van der Waals surface area contributed by atoms with Crippen molar-refractivity contribution < 1.29 is 23.8 Å². The number of carbonyl (C=O) groups excluding carboxylic acids is 2. The Bertz CT molecular complexity index is 854. The van der Waals surface area contributed by atoms with Gasteiger partial charge in [-0.05, 0) is 43.5 Å². The van der Waals surface area contributed by atoms with Crippen molar-refractivity contribution in [3.05, 3.63) is 59.2 Å². The summed E-state index contributed by atoms with van der Waals surface area (Å²) in [6.07, 6.45) is 1.20. The Morgan fingerprint density at radius 2 is 1.71 bits per heavy atom. The van der Waals surface area contributed by atoms with Crippen molar-refractivity contribution in [2.45, 2.75) is 25.2 Å². The molecule has 6 nitrogen and oxygen atoms in total. The number of hydrogen-bond donors (Lipinski definition) is 1. The summed E-state index contributed by atoms with van der Waals surface area (Å²) in [6, 6.07) is 13.0. The fourth-order valence-corrected chi connectivity index (χ4v) is 3.55. The molecular formula is C22H25NO5. The number of benzene rings is 2. The Morgan fingerprint density at radius 1 is 1.04 bits per heavy atom. The summed E-state index contributed by atoms with van der Waals surface area (Å²) in [4.78, 5) is 25.4. The minimum Gasteiger partial charge on any atom is -0.496 e. The number of nitrogens with one attached hydrogen (secondary N) is 1. The van der Waals surface area contributed by atoms with E-state index >= 15 is 0 Å². The van der Waals surface area contributed by atoms with Crippen molar-refractivity contribution in [3.8, 4) is 5.75 Å². The number of amides is 1. The van der Waals surface area contributed by atoms with Gasteiger partial charge in [0.25, 0.3) is 0 Å². The third kappa shape index (κ3) is 3.87. The van der Waals surface area contributed by atoms with Gasteiger partial charge in [-0.1, -0.05) is 29.8 Å². The van der Waals surface area contributed by atoms with Crippen LogP contribution >= 0.6 is 0 Å². The normalized spacial score (nSPS) is 15.5. The van der Waals surface area contributed by atoms with Crippen LogP contribution in [0.2, 0.25) is 0 Å². The number of esters is 1. The lowest BCUT2D eigenvalue weighted by Crippen LogP contribution is -2.44. The standard InChI is InChI=1S/C22H25NO5/c1-15-4-6-16(7-5-15)22(10-12-28-13-11-22)21(25)23-17-8-9-19(26-2)18(14-17)20(24)27-3/h4-9,14H,10-13H2,1-3H3,(H,23,25). The predicted molar refractivity (Wildman–Crippen MR) is 106 cm³/mol. The molecule has 1 fully saturated rings. The number of hydrogen-bond acceptors (Lipinski definition) is 5. The fraction of sp³-hybridized carbons (Fsp3) is 0.364. The number of carbonyl (C=O) groups is 2. The van der Waals surface area contributed by atoms with Crippen LogP contribution in [0.5, 0.6) is 5.75 Å². The molecule has 0 atom stereocenters. The molecule has 0 unspecified atom stereocenters. The first-order chi connectivity index (χ1) is 13.5. The quantitative estimate of drug-likeness (QED) is 0.800. The fourth-order valence-electron chi connectivity index (χ4n) is 3.55. The zero-order valence-electron chi connectivity index (χ0n) is 16.4. The van der Waals surface area contributed by atoms with Crippen molar-refractivity contribution >= 4 is 17.6 Å². The van der Waals surface area contributed by atoms with Crippen LogP contribution in [0.15, 0.2) is 42.5 Å². The second-order valence-electron chi connectivity index (χ2n) is 6.92. The maximum atomic E-state index is 13.4. The van der Waals surface area contributed by atoms with E-state index in [0.717, 1.165) is 11.1 Å². The van der Waals surface area contributed by atoms with Gasteiger partial charge in [0.1, 0.15) is 11.3 Å².